The van der Waals surface area contributed by atoms with E-state index in [-0.39, 0.29) is 11.9 Å². The lowest BCUT2D eigenvalue weighted by atomic mass is 10.1. The molecule has 1 amide bonds. The minimum Gasteiger partial charge on any atom is -0.330 e. The van der Waals surface area contributed by atoms with Crippen LogP contribution in [0.1, 0.15) is 46.3 Å². The quantitative estimate of drug-likeness (QED) is 0.742. The molecule has 6 nitrogen and oxygen atoms in total. The van der Waals surface area contributed by atoms with Gasteiger partial charge in [-0.15, -0.1) is 0 Å². The van der Waals surface area contributed by atoms with E-state index in [0.29, 0.717) is 17.2 Å². The van der Waals surface area contributed by atoms with E-state index < -0.39 is 0 Å². The lowest BCUT2D eigenvalue weighted by Gasteiger charge is -2.25. The van der Waals surface area contributed by atoms with Crippen LogP contribution in [0.15, 0.2) is 54.7 Å². The molecule has 1 aliphatic heterocycles. The monoisotopic (exact) mass is 373 g/mol. The number of hydrogen-bond donors (Lipinski definition) is 1. The highest BCUT2D eigenvalue weighted by atomic mass is 16.2. The molecule has 3 heterocycles. The van der Waals surface area contributed by atoms with E-state index in [9.17, 15) is 4.79 Å². The molecule has 0 bridgehead atoms. The van der Waals surface area contributed by atoms with E-state index in [1.54, 1.807) is 6.20 Å². The number of rotatable bonds is 4. The summed E-state index contributed by atoms with van der Waals surface area (Å²) in [6.07, 6.45) is 3.62. The number of amides is 1. The minimum atomic E-state index is -0.0419. The Balaban J connectivity index is 1.62. The Hall–Kier alpha value is -3.28. The lowest BCUT2D eigenvalue weighted by molar-refractivity contribution is 0.0732. The summed E-state index contributed by atoms with van der Waals surface area (Å²) in [4.78, 5) is 28.4. The summed E-state index contributed by atoms with van der Waals surface area (Å²) in [5.74, 6) is 2.19. The number of hydrogen-bond acceptors (Lipinski definition) is 5. The second kappa shape index (κ2) is 7.76. The minimum absolute atomic E-state index is 0.0419. The topological polar surface area (TPSA) is 71.0 Å². The molecule has 1 atom stereocenters. The van der Waals surface area contributed by atoms with Crippen LogP contribution in [0.2, 0.25) is 0 Å². The number of carbonyl (C=O) groups is 1. The largest absolute Gasteiger partial charge is 0.330 e. The fraction of sp³-hybridized carbons (Fsp3) is 0.273. The van der Waals surface area contributed by atoms with Crippen molar-refractivity contribution in [3.05, 3.63) is 77.4 Å². The van der Waals surface area contributed by atoms with Gasteiger partial charge >= 0.3 is 0 Å². The summed E-state index contributed by atoms with van der Waals surface area (Å²) in [6.45, 7) is 4.61. The van der Waals surface area contributed by atoms with E-state index >= 15 is 0 Å². The summed E-state index contributed by atoms with van der Waals surface area (Å²) in [6, 6.07) is 15.2. The maximum Gasteiger partial charge on any atom is 0.254 e. The number of benzene rings is 1. The molecule has 6 heteroatoms. The highest BCUT2D eigenvalue weighted by Gasteiger charge is 2.32. The standard InChI is InChI=1S/C22H23N5O/c1-15-8-6-12-23-21(15)26-20-14-18(24-16(2)25-20)19-11-7-13-27(19)22(28)17-9-4-3-5-10-17/h3-6,8-10,12,14,19H,7,11,13H2,1-2H3,(H,23,24,25,26)/t19-/m0/s1. The first-order valence-electron chi connectivity index (χ1n) is 9.52. The molecule has 2 aromatic heterocycles. The van der Waals surface area contributed by atoms with Crippen molar-refractivity contribution in [1.29, 1.82) is 0 Å². The van der Waals surface area contributed by atoms with Gasteiger partial charge in [-0.25, -0.2) is 15.0 Å². The molecule has 0 unspecified atom stereocenters. The van der Waals surface area contributed by atoms with E-state index in [0.717, 1.165) is 36.5 Å². The zero-order chi connectivity index (χ0) is 19.5. The summed E-state index contributed by atoms with van der Waals surface area (Å²) in [7, 11) is 0. The second-order valence-electron chi connectivity index (χ2n) is 7.04. The molecule has 3 aromatic rings. The fourth-order valence-electron chi connectivity index (χ4n) is 3.63. The summed E-state index contributed by atoms with van der Waals surface area (Å²) < 4.78 is 0. The molecule has 142 valence electrons. The molecular weight excluding hydrogens is 350 g/mol. The van der Waals surface area contributed by atoms with Crippen LogP contribution in [0, 0.1) is 13.8 Å². The molecule has 4 rings (SSSR count). The predicted octanol–water partition coefficient (Wildman–Crippen LogP) is 4.21. The SMILES string of the molecule is Cc1nc(Nc2ncccc2C)cc([C@@H]2CCCN2C(=O)c2ccccc2)n1. The van der Waals surface area contributed by atoms with Crippen molar-refractivity contribution in [1.82, 2.24) is 19.9 Å². The fourth-order valence-corrected chi connectivity index (χ4v) is 3.63. The smallest absolute Gasteiger partial charge is 0.254 e. The third kappa shape index (κ3) is 3.71. The van der Waals surface area contributed by atoms with Crippen molar-refractivity contribution in [2.24, 2.45) is 0 Å². The average Bonchev–Trinajstić information content (AvgIpc) is 3.19. The average molecular weight is 373 g/mol. The first-order chi connectivity index (χ1) is 13.6. The maximum atomic E-state index is 13.0. The Kier molecular flexibility index (Phi) is 5.02. The second-order valence-corrected chi connectivity index (χ2v) is 7.04. The van der Waals surface area contributed by atoms with Gasteiger partial charge < -0.3 is 10.2 Å². The molecule has 1 saturated heterocycles. The Bertz CT molecular complexity index is 989. The number of nitrogens with zero attached hydrogens (tertiary/aromatic N) is 4. The van der Waals surface area contributed by atoms with Crippen LogP contribution in [-0.4, -0.2) is 32.3 Å². The Morgan fingerprint density at radius 3 is 2.71 bits per heavy atom. The van der Waals surface area contributed by atoms with Gasteiger partial charge in [-0.05, 0) is 50.5 Å². The van der Waals surface area contributed by atoms with Crippen LogP contribution < -0.4 is 5.32 Å². The van der Waals surface area contributed by atoms with Crippen LogP contribution in [0.3, 0.4) is 0 Å². The third-order valence-corrected chi connectivity index (χ3v) is 4.99. The molecule has 28 heavy (non-hydrogen) atoms. The van der Waals surface area contributed by atoms with E-state index in [2.05, 4.69) is 20.3 Å². The van der Waals surface area contributed by atoms with Gasteiger partial charge in [0.05, 0.1) is 11.7 Å². The maximum absolute atomic E-state index is 13.0. The molecule has 0 aliphatic carbocycles. The van der Waals surface area contributed by atoms with Gasteiger partial charge in [0.2, 0.25) is 0 Å². The van der Waals surface area contributed by atoms with Crippen molar-refractivity contribution >= 4 is 17.5 Å². The van der Waals surface area contributed by atoms with Gasteiger partial charge in [0, 0.05) is 24.4 Å². The highest BCUT2D eigenvalue weighted by molar-refractivity contribution is 5.94. The number of aromatic nitrogens is 3. The van der Waals surface area contributed by atoms with Gasteiger partial charge in [0.15, 0.2) is 0 Å². The Labute approximate surface area is 164 Å². The molecule has 1 N–H and O–H groups in total. The van der Waals surface area contributed by atoms with Gasteiger partial charge in [0.25, 0.3) is 5.91 Å². The Morgan fingerprint density at radius 1 is 1.11 bits per heavy atom. The first kappa shape index (κ1) is 18.1. The van der Waals surface area contributed by atoms with Crippen molar-refractivity contribution in [3.63, 3.8) is 0 Å². The summed E-state index contributed by atoms with van der Waals surface area (Å²) >= 11 is 0. The normalized spacial score (nSPS) is 16.2. The van der Waals surface area contributed by atoms with E-state index in [1.165, 1.54) is 0 Å². The van der Waals surface area contributed by atoms with Crippen molar-refractivity contribution < 1.29 is 4.79 Å². The van der Waals surface area contributed by atoms with Crippen molar-refractivity contribution in [2.45, 2.75) is 32.7 Å². The van der Waals surface area contributed by atoms with Gasteiger partial charge in [-0.2, -0.15) is 0 Å². The summed E-state index contributed by atoms with van der Waals surface area (Å²) in [5.41, 5.74) is 2.62. The van der Waals surface area contributed by atoms with E-state index in [4.69, 9.17) is 0 Å². The van der Waals surface area contributed by atoms with Crippen LogP contribution in [0.5, 0.6) is 0 Å². The van der Waals surface area contributed by atoms with Crippen LogP contribution in [-0.2, 0) is 0 Å². The number of pyridine rings is 1. The molecule has 1 fully saturated rings. The number of anilines is 2. The number of likely N-dealkylation sites (tertiary alicyclic amines) is 1. The van der Waals surface area contributed by atoms with E-state index in [1.807, 2.05) is 67.3 Å². The van der Waals surface area contributed by atoms with Gasteiger partial charge in [-0.1, -0.05) is 24.3 Å². The van der Waals surface area contributed by atoms with Gasteiger partial charge in [-0.3, -0.25) is 4.79 Å². The molecule has 0 radical (unpaired) electrons. The lowest BCUT2D eigenvalue weighted by Crippen LogP contribution is -2.31. The molecule has 1 aromatic carbocycles. The van der Waals surface area contributed by atoms with Crippen LogP contribution >= 0.6 is 0 Å². The van der Waals surface area contributed by atoms with Crippen LogP contribution in [0.25, 0.3) is 0 Å². The van der Waals surface area contributed by atoms with Crippen molar-refractivity contribution in [2.75, 3.05) is 11.9 Å². The highest BCUT2D eigenvalue weighted by Crippen LogP contribution is 2.33. The molecule has 0 spiro atoms. The number of nitrogens with one attached hydrogen (secondary N) is 1. The zero-order valence-electron chi connectivity index (χ0n) is 16.1. The third-order valence-electron chi connectivity index (χ3n) is 4.99. The van der Waals surface area contributed by atoms with Crippen molar-refractivity contribution in [3.8, 4) is 0 Å². The zero-order valence-corrected chi connectivity index (χ0v) is 16.1. The number of aryl methyl sites for hydroxylation is 2. The molecule has 0 saturated carbocycles. The molecule has 1 aliphatic rings. The first-order valence-corrected chi connectivity index (χ1v) is 9.52. The predicted molar refractivity (Wildman–Crippen MR) is 108 cm³/mol. The Morgan fingerprint density at radius 2 is 1.93 bits per heavy atom. The van der Waals surface area contributed by atoms with Crippen LogP contribution in [0.4, 0.5) is 11.6 Å². The summed E-state index contributed by atoms with van der Waals surface area (Å²) in [5, 5.41) is 3.29. The number of carbonyl (C=O) groups excluding carboxylic acids is 1. The van der Waals surface area contributed by atoms with Gasteiger partial charge in [0.1, 0.15) is 17.5 Å². The molecular formula is C22H23N5O.